The van der Waals surface area contributed by atoms with E-state index in [9.17, 15) is 0 Å². The van der Waals surface area contributed by atoms with E-state index in [1.807, 2.05) is 6.07 Å². The molecule has 23 heavy (non-hydrogen) atoms. The lowest BCUT2D eigenvalue weighted by atomic mass is 10.0. The maximum absolute atomic E-state index is 6.24. The van der Waals surface area contributed by atoms with Crippen LogP contribution in [0.5, 0.6) is 11.5 Å². The van der Waals surface area contributed by atoms with E-state index in [2.05, 4.69) is 36.2 Å². The van der Waals surface area contributed by atoms with Crippen molar-refractivity contribution in [2.24, 2.45) is 5.92 Å². The third-order valence-corrected chi connectivity index (χ3v) is 5.12. The van der Waals surface area contributed by atoms with Gasteiger partial charge in [-0.2, -0.15) is 0 Å². The van der Waals surface area contributed by atoms with E-state index >= 15 is 0 Å². The molecule has 0 aromatic heterocycles. The van der Waals surface area contributed by atoms with Gasteiger partial charge in [-0.25, -0.2) is 0 Å². The fourth-order valence-corrected chi connectivity index (χ4v) is 3.60. The number of anilines is 1. The third kappa shape index (κ3) is 3.92. The number of hydrogen-bond acceptors (Lipinski definition) is 4. The molecule has 1 aromatic carbocycles. The Morgan fingerprint density at radius 3 is 2.65 bits per heavy atom. The van der Waals surface area contributed by atoms with Gasteiger partial charge in [0, 0.05) is 37.4 Å². The van der Waals surface area contributed by atoms with E-state index in [1.165, 1.54) is 18.5 Å². The first-order valence-electron chi connectivity index (χ1n) is 9.00. The molecule has 1 N–H and O–H groups in total. The van der Waals surface area contributed by atoms with Crippen LogP contribution in [-0.2, 0) is 0 Å². The quantitative estimate of drug-likeness (QED) is 0.901. The summed E-state index contributed by atoms with van der Waals surface area (Å²) in [5.74, 6) is 2.39. The average molecular weight is 318 g/mol. The molecule has 2 aliphatic rings. The standard InChI is InChI=1S/C19H30N2O2/c1-14(2)17-13-21(11-10-20-17)15-8-9-18(22-3)19(12-15)23-16-6-4-5-7-16/h8-9,12,14,16-17,20H,4-7,10-11,13H2,1-3H3/t17-/m1/s1. The topological polar surface area (TPSA) is 33.7 Å². The second-order valence-corrected chi connectivity index (χ2v) is 7.11. The van der Waals surface area contributed by atoms with Gasteiger partial charge in [0.1, 0.15) is 0 Å². The molecule has 0 unspecified atom stereocenters. The molecule has 0 radical (unpaired) electrons. The minimum atomic E-state index is 0.352. The molecule has 4 heteroatoms. The van der Waals surface area contributed by atoms with Crippen LogP contribution in [0.2, 0.25) is 0 Å². The second kappa shape index (κ2) is 7.43. The fraction of sp³-hybridized carbons (Fsp3) is 0.684. The number of methoxy groups -OCH3 is 1. The molecule has 0 amide bonds. The lowest BCUT2D eigenvalue weighted by Crippen LogP contribution is -2.53. The van der Waals surface area contributed by atoms with E-state index in [0.717, 1.165) is 44.0 Å². The van der Waals surface area contributed by atoms with Crippen LogP contribution in [0.4, 0.5) is 5.69 Å². The van der Waals surface area contributed by atoms with Gasteiger partial charge >= 0.3 is 0 Å². The lowest BCUT2D eigenvalue weighted by Gasteiger charge is -2.37. The van der Waals surface area contributed by atoms with Crippen molar-refractivity contribution in [1.29, 1.82) is 0 Å². The number of benzene rings is 1. The van der Waals surface area contributed by atoms with E-state index in [0.29, 0.717) is 18.1 Å². The number of nitrogens with zero attached hydrogens (tertiary/aromatic N) is 1. The Labute approximate surface area is 140 Å². The first kappa shape index (κ1) is 16.4. The largest absolute Gasteiger partial charge is 0.493 e. The van der Waals surface area contributed by atoms with Gasteiger partial charge in [0.25, 0.3) is 0 Å². The summed E-state index contributed by atoms with van der Waals surface area (Å²) in [6.45, 7) is 7.69. The van der Waals surface area contributed by atoms with Crippen LogP contribution in [-0.4, -0.2) is 38.9 Å². The average Bonchev–Trinajstić information content (AvgIpc) is 3.08. The van der Waals surface area contributed by atoms with Crippen LogP contribution in [0.15, 0.2) is 18.2 Å². The highest BCUT2D eigenvalue weighted by molar-refractivity contribution is 5.57. The number of piperazine rings is 1. The van der Waals surface area contributed by atoms with Crippen LogP contribution in [0.3, 0.4) is 0 Å². The Balaban J connectivity index is 1.76. The molecule has 0 bridgehead atoms. The molecule has 4 nitrogen and oxygen atoms in total. The zero-order valence-electron chi connectivity index (χ0n) is 14.7. The molecule has 1 heterocycles. The molecule has 2 fully saturated rings. The minimum absolute atomic E-state index is 0.352. The Bertz CT molecular complexity index is 512. The summed E-state index contributed by atoms with van der Waals surface area (Å²) in [5, 5.41) is 3.62. The van der Waals surface area contributed by atoms with Crippen LogP contribution in [0.1, 0.15) is 39.5 Å². The van der Waals surface area contributed by atoms with Crippen molar-refractivity contribution in [1.82, 2.24) is 5.32 Å². The first-order valence-corrected chi connectivity index (χ1v) is 9.00. The maximum atomic E-state index is 6.24. The summed E-state index contributed by atoms with van der Waals surface area (Å²) < 4.78 is 11.7. The van der Waals surface area contributed by atoms with Crippen LogP contribution in [0.25, 0.3) is 0 Å². The number of rotatable bonds is 5. The van der Waals surface area contributed by atoms with Crippen LogP contribution >= 0.6 is 0 Å². The molecule has 3 rings (SSSR count). The molecular formula is C19H30N2O2. The van der Waals surface area contributed by atoms with E-state index < -0.39 is 0 Å². The zero-order valence-corrected chi connectivity index (χ0v) is 14.7. The lowest BCUT2D eigenvalue weighted by molar-refractivity contribution is 0.201. The van der Waals surface area contributed by atoms with Crippen molar-refractivity contribution in [3.05, 3.63) is 18.2 Å². The second-order valence-electron chi connectivity index (χ2n) is 7.11. The summed E-state index contributed by atoms with van der Waals surface area (Å²) in [5.41, 5.74) is 1.24. The van der Waals surface area contributed by atoms with Gasteiger partial charge < -0.3 is 19.7 Å². The van der Waals surface area contributed by atoms with Gasteiger partial charge in [0.15, 0.2) is 11.5 Å². The maximum Gasteiger partial charge on any atom is 0.163 e. The van der Waals surface area contributed by atoms with Crippen molar-refractivity contribution < 1.29 is 9.47 Å². The Kier molecular flexibility index (Phi) is 5.31. The number of nitrogens with one attached hydrogen (secondary N) is 1. The SMILES string of the molecule is COc1ccc(N2CCN[C@@H](C(C)C)C2)cc1OC1CCCC1. The number of ether oxygens (including phenoxy) is 2. The highest BCUT2D eigenvalue weighted by Gasteiger charge is 2.24. The first-order chi connectivity index (χ1) is 11.2. The highest BCUT2D eigenvalue weighted by Crippen LogP contribution is 2.35. The molecule has 128 valence electrons. The summed E-state index contributed by atoms with van der Waals surface area (Å²) in [7, 11) is 1.72. The van der Waals surface area contributed by atoms with E-state index in [1.54, 1.807) is 7.11 Å². The van der Waals surface area contributed by atoms with E-state index in [-0.39, 0.29) is 0 Å². The van der Waals surface area contributed by atoms with Crippen LogP contribution in [0, 0.1) is 5.92 Å². The van der Waals surface area contributed by atoms with Gasteiger partial charge in [-0.3, -0.25) is 0 Å². The van der Waals surface area contributed by atoms with Crippen molar-refractivity contribution in [2.75, 3.05) is 31.6 Å². The molecule has 1 aliphatic heterocycles. The van der Waals surface area contributed by atoms with Crippen molar-refractivity contribution in [2.45, 2.75) is 51.7 Å². The molecular weight excluding hydrogens is 288 g/mol. The summed E-state index contributed by atoms with van der Waals surface area (Å²) >= 11 is 0. The van der Waals surface area contributed by atoms with Crippen molar-refractivity contribution in [3.8, 4) is 11.5 Å². The minimum Gasteiger partial charge on any atom is -0.493 e. The van der Waals surface area contributed by atoms with Gasteiger partial charge in [-0.15, -0.1) is 0 Å². The Hall–Kier alpha value is -1.42. The molecule has 0 spiro atoms. The smallest absolute Gasteiger partial charge is 0.163 e. The van der Waals surface area contributed by atoms with Gasteiger partial charge in [-0.1, -0.05) is 13.8 Å². The molecule has 1 aliphatic carbocycles. The van der Waals surface area contributed by atoms with Gasteiger partial charge in [0.2, 0.25) is 0 Å². The third-order valence-electron chi connectivity index (χ3n) is 5.12. The number of hydrogen-bond donors (Lipinski definition) is 1. The Morgan fingerprint density at radius 2 is 1.96 bits per heavy atom. The zero-order chi connectivity index (χ0) is 16.2. The van der Waals surface area contributed by atoms with E-state index in [4.69, 9.17) is 9.47 Å². The van der Waals surface area contributed by atoms with Gasteiger partial charge in [-0.05, 0) is 43.7 Å². The summed E-state index contributed by atoms with van der Waals surface area (Å²) in [6, 6.07) is 6.92. The predicted octanol–water partition coefficient (Wildman–Crippen LogP) is 3.45. The summed E-state index contributed by atoms with van der Waals surface area (Å²) in [6.07, 6.45) is 5.24. The summed E-state index contributed by atoms with van der Waals surface area (Å²) in [4.78, 5) is 2.46. The molecule has 1 atom stereocenters. The molecule has 1 aromatic rings. The highest BCUT2D eigenvalue weighted by atomic mass is 16.5. The molecule has 1 saturated carbocycles. The van der Waals surface area contributed by atoms with Gasteiger partial charge in [0.05, 0.1) is 13.2 Å². The predicted molar refractivity (Wildman–Crippen MR) is 94.7 cm³/mol. The normalized spacial score (nSPS) is 22.6. The molecule has 1 saturated heterocycles. The van der Waals surface area contributed by atoms with Crippen LogP contribution < -0.4 is 19.7 Å². The van der Waals surface area contributed by atoms with Crippen molar-refractivity contribution in [3.63, 3.8) is 0 Å². The fourth-order valence-electron chi connectivity index (χ4n) is 3.60. The Morgan fingerprint density at radius 1 is 1.17 bits per heavy atom. The monoisotopic (exact) mass is 318 g/mol. The van der Waals surface area contributed by atoms with Crippen molar-refractivity contribution >= 4 is 5.69 Å².